The van der Waals surface area contributed by atoms with Crippen molar-refractivity contribution >= 4 is 16.3 Å². The fourth-order valence-electron chi connectivity index (χ4n) is 4.20. The number of hydrogen-bond acceptors (Lipinski definition) is 4. The van der Waals surface area contributed by atoms with Crippen LogP contribution in [0.4, 0.5) is 0 Å². The summed E-state index contributed by atoms with van der Waals surface area (Å²) in [5.41, 5.74) is 0.134. The smallest absolute Gasteiger partial charge is 0.353 e. The van der Waals surface area contributed by atoms with Crippen molar-refractivity contribution in [3.05, 3.63) is 115 Å². The first kappa shape index (κ1) is 26.4. The molecule has 5 heteroatoms. The Morgan fingerprint density at radius 1 is 0.676 bits per heavy atom. The monoisotopic (exact) mass is 514 g/mol. The lowest BCUT2D eigenvalue weighted by molar-refractivity contribution is 0.0754. The number of carbonyl (C=O) groups excluding carboxylic acids is 1. The van der Waals surface area contributed by atoms with E-state index in [1.807, 2.05) is 84.9 Å². The number of phenolic OH excluding ortho intramolecular Hbond substituents is 1. The molecule has 0 unspecified atom stereocenters. The van der Waals surface area contributed by atoms with Gasteiger partial charge in [0, 0.05) is 14.7 Å². The molecule has 4 aromatic carbocycles. The van der Waals surface area contributed by atoms with E-state index in [-0.39, 0.29) is 11.3 Å². The van der Waals surface area contributed by atoms with Gasteiger partial charge in [0.25, 0.3) is 0 Å². The number of benzene rings is 4. The molecule has 1 N–H and O–H groups in total. The average Bonchev–Trinajstić information content (AvgIpc) is 2.95. The molecule has 0 saturated carbocycles. The summed E-state index contributed by atoms with van der Waals surface area (Å²) in [6, 6.07) is 34.0. The lowest BCUT2D eigenvalue weighted by Gasteiger charge is -2.39. The average molecular weight is 515 g/mol. The number of ether oxygens (including phenoxy) is 1. The number of aromatic hydroxyl groups is 1. The number of unbranched alkanes of at least 4 members (excludes halogenated alkanes) is 4. The van der Waals surface area contributed by atoms with E-state index in [4.69, 9.17) is 8.92 Å². The summed E-state index contributed by atoms with van der Waals surface area (Å²) in [6.45, 7) is 2.89. The van der Waals surface area contributed by atoms with Gasteiger partial charge in [-0.15, -0.1) is 0 Å². The third-order valence-corrected chi connectivity index (χ3v) is 9.36. The van der Waals surface area contributed by atoms with E-state index in [2.05, 4.69) is 6.92 Å². The van der Waals surface area contributed by atoms with Crippen molar-refractivity contribution in [2.75, 3.05) is 6.61 Å². The first-order chi connectivity index (χ1) is 18.1. The maximum absolute atomic E-state index is 13.5. The molecule has 0 bridgehead atoms. The molecular formula is C32H34O4S. The lowest BCUT2D eigenvalue weighted by Crippen LogP contribution is -2.14. The van der Waals surface area contributed by atoms with Crippen LogP contribution in [-0.2, 0) is 4.18 Å². The second-order valence-electron chi connectivity index (χ2n) is 8.80. The number of hydrogen-bond donors (Lipinski definition) is 1. The molecule has 0 atom stereocenters. The van der Waals surface area contributed by atoms with Gasteiger partial charge in [0.2, 0.25) is 0 Å². The molecule has 192 valence electrons. The zero-order chi connectivity index (χ0) is 25.9. The van der Waals surface area contributed by atoms with Crippen LogP contribution in [0.25, 0.3) is 0 Å². The molecule has 4 aromatic rings. The number of phenols is 1. The van der Waals surface area contributed by atoms with E-state index in [0.29, 0.717) is 6.61 Å². The summed E-state index contributed by atoms with van der Waals surface area (Å²) < 4.78 is 12.5. The number of carbonyl (C=O) groups is 1. The third kappa shape index (κ3) is 6.36. The van der Waals surface area contributed by atoms with Crippen molar-refractivity contribution in [3.63, 3.8) is 0 Å². The highest BCUT2D eigenvalue weighted by molar-refractivity contribution is 8.30. The minimum atomic E-state index is -2.47. The summed E-state index contributed by atoms with van der Waals surface area (Å²) in [4.78, 5) is 16.2. The van der Waals surface area contributed by atoms with E-state index in [1.165, 1.54) is 31.7 Å². The van der Waals surface area contributed by atoms with Crippen LogP contribution in [0.2, 0.25) is 0 Å². The van der Waals surface area contributed by atoms with Gasteiger partial charge < -0.3 is 14.0 Å². The molecule has 0 amide bonds. The van der Waals surface area contributed by atoms with Crippen molar-refractivity contribution in [3.8, 4) is 11.5 Å². The van der Waals surface area contributed by atoms with Crippen molar-refractivity contribution in [1.29, 1.82) is 0 Å². The Bertz CT molecular complexity index is 1220. The Morgan fingerprint density at radius 3 is 1.81 bits per heavy atom. The van der Waals surface area contributed by atoms with Crippen LogP contribution in [0.15, 0.2) is 124 Å². The quantitative estimate of drug-likeness (QED) is 0.192. The van der Waals surface area contributed by atoms with Gasteiger partial charge in [0.1, 0.15) is 17.1 Å². The lowest BCUT2D eigenvalue weighted by atomic mass is 10.2. The zero-order valence-electron chi connectivity index (χ0n) is 21.2. The largest absolute Gasteiger partial charge is 0.507 e. The van der Waals surface area contributed by atoms with Gasteiger partial charge >= 0.3 is 5.97 Å². The molecule has 0 aromatic heterocycles. The molecule has 0 spiro atoms. The van der Waals surface area contributed by atoms with Gasteiger partial charge in [0.15, 0.2) is 0 Å². The van der Waals surface area contributed by atoms with E-state index >= 15 is 0 Å². The summed E-state index contributed by atoms with van der Waals surface area (Å²) in [7, 11) is -2.47. The first-order valence-electron chi connectivity index (χ1n) is 12.8. The first-order valence-corrected chi connectivity index (χ1v) is 14.4. The van der Waals surface area contributed by atoms with E-state index < -0.39 is 16.3 Å². The number of rotatable bonds is 12. The predicted molar refractivity (Wildman–Crippen MR) is 149 cm³/mol. The van der Waals surface area contributed by atoms with Gasteiger partial charge in [-0.05, 0) is 77.4 Å². The minimum Gasteiger partial charge on any atom is -0.507 e. The normalized spacial score (nSPS) is 11.6. The maximum Gasteiger partial charge on any atom is 0.353 e. The van der Waals surface area contributed by atoms with Crippen molar-refractivity contribution in [2.45, 2.75) is 53.7 Å². The Kier molecular flexibility index (Phi) is 9.28. The van der Waals surface area contributed by atoms with Crippen LogP contribution >= 0.6 is 10.3 Å². The van der Waals surface area contributed by atoms with E-state index in [9.17, 15) is 9.90 Å². The number of para-hydroxylation sites is 1. The van der Waals surface area contributed by atoms with Crippen molar-refractivity contribution < 1.29 is 18.8 Å². The van der Waals surface area contributed by atoms with Gasteiger partial charge in [0.05, 0.1) is 6.61 Å². The Morgan fingerprint density at radius 2 is 1.22 bits per heavy atom. The summed E-state index contributed by atoms with van der Waals surface area (Å²) in [5, 5.41) is 10.4. The maximum atomic E-state index is 13.5. The van der Waals surface area contributed by atoms with Crippen LogP contribution in [0.1, 0.15) is 49.4 Å². The molecule has 37 heavy (non-hydrogen) atoms. The fourth-order valence-corrected chi connectivity index (χ4v) is 7.23. The highest BCUT2D eigenvalue weighted by Gasteiger charge is 2.36. The highest BCUT2D eigenvalue weighted by atomic mass is 32.3. The van der Waals surface area contributed by atoms with Crippen LogP contribution in [0.5, 0.6) is 11.5 Å². The van der Waals surface area contributed by atoms with E-state index in [0.717, 1.165) is 26.9 Å². The van der Waals surface area contributed by atoms with E-state index in [1.54, 1.807) is 18.2 Å². The van der Waals surface area contributed by atoms with Crippen LogP contribution in [0, 0.1) is 0 Å². The third-order valence-electron chi connectivity index (χ3n) is 6.15. The second-order valence-corrected chi connectivity index (χ2v) is 11.5. The van der Waals surface area contributed by atoms with Gasteiger partial charge in [-0.1, -0.05) is 81.1 Å². The molecular weight excluding hydrogens is 480 g/mol. The molecule has 4 nitrogen and oxygen atoms in total. The molecule has 0 radical (unpaired) electrons. The summed E-state index contributed by atoms with van der Waals surface area (Å²) in [5.74, 6) is 0.110. The van der Waals surface area contributed by atoms with Crippen LogP contribution in [-0.4, -0.2) is 17.7 Å². The van der Waals surface area contributed by atoms with Crippen LogP contribution < -0.4 is 4.74 Å². The summed E-state index contributed by atoms with van der Waals surface area (Å²) in [6.07, 6.45) is 5.93. The molecule has 0 aliphatic rings. The van der Waals surface area contributed by atoms with Gasteiger partial charge in [-0.2, -0.15) is 0 Å². The van der Waals surface area contributed by atoms with Gasteiger partial charge in [-0.25, -0.2) is 4.79 Å². The molecule has 0 saturated heterocycles. The zero-order valence-corrected chi connectivity index (χ0v) is 22.0. The standard InChI is InChI=1S/C32H34O4S/c1-2-3-4-5-14-25-35-26-21-23-29(24-22-26)37(27-15-8-6-9-16-27,28-17-10-7-11-18-28)36-32(34)30-19-12-13-20-31(30)33/h6-13,15-24,33H,2-5,14,25H2,1H3. The fraction of sp³-hybridized carbons (Fsp3) is 0.219. The Hall–Kier alpha value is -3.70. The molecule has 0 heterocycles. The molecule has 0 aliphatic carbocycles. The topological polar surface area (TPSA) is 55.8 Å². The Balaban J connectivity index is 1.71. The van der Waals surface area contributed by atoms with Gasteiger partial charge in [-0.3, -0.25) is 0 Å². The Labute approximate surface area is 221 Å². The SMILES string of the molecule is CCCCCCCOc1ccc(S(OC(=O)c2ccccc2O)(c2ccccc2)c2ccccc2)cc1. The highest BCUT2D eigenvalue weighted by Crippen LogP contribution is 2.69. The molecule has 0 aliphatic heterocycles. The molecule has 4 rings (SSSR count). The molecule has 0 fully saturated rings. The predicted octanol–water partition coefficient (Wildman–Crippen LogP) is 8.80. The minimum absolute atomic E-state index is 0.107. The van der Waals surface area contributed by atoms with Crippen molar-refractivity contribution in [1.82, 2.24) is 0 Å². The second kappa shape index (κ2) is 13.0. The van der Waals surface area contributed by atoms with Crippen molar-refractivity contribution in [2.24, 2.45) is 0 Å². The van der Waals surface area contributed by atoms with Crippen LogP contribution in [0.3, 0.4) is 0 Å². The summed E-state index contributed by atoms with van der Waals surface area (Å²) >= 11 is 0.